The van der Waals surface area contributed by atoms with Gasteiger partial charge >= 0.3 is 0 Å². The van der Waals surface area contributed by atoms with E-state index in [2.05, 4.69) is 44.8 Å². The largest absolute Gasteiger partial charge is 0.311 e. The van der Waals surface area contributed by atoms with E-state index < -0.39 is 0 Å². The van der Waals surface area contributed by atoms with E-state index >= 15 is 0 Å². The van der Waals surface area contributed by atoms with Gasteiger partial charge in [0.15, 0.2) is 0 Å². The predicted molar refractivity (Wildman–Crippen MR) is 85.6 cm³/mol. The lowest BCUT2D eigenvalue weighted by Crippen LogP contribution is -2.47. The molecule has 1 N–H and O–H groups in total. The Morgan fingerprint density at radius 1 is 1.00 bits per heavy atom. The smallest absolute Gasteiger partial charge is 0.00940 e. The number of likely N-dealkylation sites (tertiary alicyclic amines) is 1. The van der Waals surface area contributed by atoms with Gasteiger partial charge in [0, 0.05) is 12.1 Å². The molecule has 0 aromatic rings. The molecule has 1 aliphatic rings. The minimum Gasteiger partial charge on any atom is -0.311 e. The van der Waals surface area contributed by atoms with E-state index in [4.69, 9.17) is 0 Å². The number of nitrogens with zero attached hydrogens (tertiary/aromatic N) is 1. The molecule has 0 bridgehead atoms. The molecule has 0 amide bonds. The Labute approximate surface area is 121 Å². The van der Waals surface area contributed by atoms with E-state index in [9.17, 15) is 0 Å². The number of rotatable bonds is 8. The minimum absolute atomic E-state index is 0.725. The molecule has 0 radical (unpaired) electrons. The Morgan fingerprint density at radius 3 is 1.95 bits per heavy atom. The SMILES string of the molecule is CCCN1CCC(NC(CC(C)C)CC(C)C)CC1. The highest BCUT2D eigenvalue weighted by molar-refractivity contribution is 4.81. The van der Waals surface area contributed by atoms with E-state index in [0.29, 0.717) is 0 Å². The molecule has 19 heavy (non-hydrogen) atoms. The van der Waals surface area contributed by atoms with Crippen molar-refractivity contribution in [2.24, 2.45) is 11.8 Å². The predicted octanol–water partition coefficient (Wildman–Crippen LogP) is 3.91. The van der Waals surface area contributed by atoms with Crippen LogP contribution in [0.5, 0.6) is 0 Å². The van der Waals surface area contributed by atoms with Crippen LogP contribution < -0.4 is 5.32 Å². The normalized spacial score (nSPS) is 18.9. The Hall–Kier alpha value is -0.0800. The third-order valence-electron chi connectivity index (χ3n) is 4.11. The summed E-state index contributed by atoms with van der Waals surface area (Å²) in [6, 6.07) is 1.48. The average molecular weight is 268 g/mol. The third kappa shape index (κ3) is 7.31. The fourth-order valence-corrected chi connectivity index (χ4v) is 3.34. The molecule has 1 aliphatic heterocycles. The molecular formula is C17H36N2. The summed E-state index contributed by atoms with van der Waals surface area (Å²) in [5, 5.41) is 3.95. The van der Waals surface area contributed by atoms with Crippen molar-refractivity contribution >= 4 is 0 Å². The summed E-state index contributed by atoms with van der Waals surface area (Å²) in [6.07, 6.45) is 6.63. The first kappa shape index (κ1) is 17.0. The molecule has 0 aromatic heterocycles. The topological polar surface area (TPSA) is 15.3 Å². The quantitative estimate of drug-likeness (QED) is 0.718. The van der Waals surface area contributed by atoms with Gasteiger partial charge in [-0.05, 0) is 63.6 Å². The lowest BCUT2D eigenvalue weighted by molar-refractivity contribution is 0.183. The maximum Gasteiger partial charge on any atom is 0.00940 e. The first-order valence-corrected chi connectivity index (χ1v) is 8.49. The summed E-state index contributed by atoms with van der Waals surface area (Å²) in [5.74, 6) is 1.60. The molecule has 1 heterocycles. The van der Waals surface area contributed by atoms with Gasteiger partial charge in [-0.1, -0.05) is 34.6 Å². The monoisotopic (exact) mass is 268 g/mol. The third-order valence-corrected chi connectivity index (χ3v) is 4.11. The van der Waals surface area contributed by atoms with Crippen LogP contribution in [0.15, 0.2) is 0 Å². The summed E-state index contributed by atoms with van der Waals surface area (Å²) in [4.78, 5) is 2.62. The van der Waals surface area contributed by atoms with Gasteiger partial charge in [0.2, 0.25) is 0 Å². The maximum atomic E-state index is 3.95. The van der Waals surface area contributed by atoms with Gasteiger partial charge in [-0.25, -0.2) is 0 Å². The van der Waals surface area contributed by atoms with Crippen LogP contribution in [0.2, 0.25) is 0 Å². The zero-order chi connectivity index (χ0) is 14.3. The molecule has 1 rings (SSSR count). The molecule has 0 spiro atoms. The molecule has 0 unspecified atom stereocenters. The highest BCUT2D eigenvalue weighted by Gasteiger charge is 2.22. The van der Waals surface area contributed by atoms with Crippen LogP contribution in [0.25, 0.3) is 0 Å². The van der Waals surface area contributed by atoms with Crippen molar-refractivity contribution in [3.8, 4) is 0 Å². The molecule has 0 aromatic carbocycles. The van der Waals surface area contributed by atoms with Crippen molar-refractivity contribution in [1.82, 2.24) is 10.2 Å². The summed E-state index contributed by atoms with van der Waals surface area (Å²) in [7, 11) is 0. The van der Waals surface area contributed by atoms with Crippen molar-refractivity contribution in [1.29, 1.82) is 0 Å². The van der Waals surface area contributed by atoms with Gasteiger partial charge in [-0.2, -0.15) is 0 Å². The molecule has 0 aliphatic carbocycles. The number of hydrogen-bond acceptors (Lipinski definition) is 2. The van der Waals surface area contributed by atoms with Gasteiger partial charge in [0.25, 0.3) is 0 Å². The van der Waals surface area contributed by atoms with Crippen LogP contribution >= 0.6 is 0 Å². The second-order valence-electron chi connectivity index (χ2n) is 7.24. The van der Waals surface area contributed by atoms with E-state index in [-0.39, 0.29) is 0 Å². The standard InChI is InChI=1S/C17H36N2/c1-6-9-19-10-7-16(8-11-19)18-17(12-14(2)3)13-15(4)5/h14-18H,6-13H2,1-5H3. The molecule has 1 fully saturated rings. The minimum atomic E-state index is 0.725. The van der Waals surface area contributed by atoms with Crippen LogP contribution in [-0.4, -0.2) is 36.6 Å². The summed E-state index contributed by atoms with van der Waals surface area (Å²) < 4.78 is 0. The van der Waals surface area contributed by atoms with Gasteiger partial charge in [0.1, 0.15) is 0 Å². The van der Waals surface area contributed by atoms with Crippen molar-refractivity contribution in [2.75, 3.05) is 19.6 Å². The van der Waals surface area contributed by atoms with Crippen molar-refractivity contribution in [2.45, 2.75) is 78.8 Å². The molecule has 0 saturated carbocycles. The van der Waals surface area contributed by atoms with Crippen LogP contribution in [0.4, 0.5) is 0 Å². The van der Waals surface area contributed by atoms with E-state index in [1.54, 1.807) is 0 Å². The highest BCUT2D eigenvalue weighted by Crippen LogP contribution is 2.17. The van der Waals surface area contributed by atoms with Crippen molar-refractivity contribution in [3.63, 3.8) is 0 Å². The molecular weight excluding hydrogens is 232 g/mol. The zero-order valence-corrected chi connectivity index (χ0v) is 13.9. The van der Waals surface area contributed by atoms with Crippen molar-refractivity contribution < 1.29 is 0 Å². The first-order valence-electron chi connectivity index (χ1n) is 8.49. The summed E-state index contributed by atoms with van der Waals surface area (Å²) in [5.41, 5.74) is 0. The van der Waals surface area contributed by atoms with Crippen LogP contribution in [0.1, 0.15) is 66.7 Å². The van der Waals surface area contributed by atoms with Gasteiger partial charge in [-0.15, -0.1) is 0 Å². The van der Waals surface area contributed by atoms with Gasteiger partial charge in [0.05, 0.1) is 0 Å². The number of hydrogen-bond donors (Lipinski definition) is 1. The summed E-state index contributed by atoms with van der Waals surface area (Å²) in [6.45, 7) is 15.5. The lowest BCUT2D eigenvalue weighted by atomic mass is 9.93. The lowest BCUT2D eigenvalue weighted by Gasteiger charge is -2.35. The Kier molecular flexibility index (Phi) is 8.01. The fourth-order valence-electron chi connectivity index (χ4n) is 3.34. The van der Waals surface area contributed by atoms with Gasteiger partial charge < -0.3 is 10.2 Å². The molecule has 1 saturated heterocycles. The van der Waals surface area contributed by atoms with Crippen LogP contribution in [0, 0.1) is 11.8 Å². The second-order valence-corrected chi connectivity index (χ2v) is 7.24. The molecule has 2 heteroatoms. The van der Waals surface area contributed by atoms with Crippen LogP contribution in [-0.2, 0) is 0 Å². The van der Waals surface area contributed by atoms with E-state index in [1.807, 2.05) is 0 Å². The maximum absolute atomic E-state index is 3.95. The Morgan fingerprint density at radius 2 is 1.53 bits per heavy atom. The van der Waals surface area contributed by atoms with Crippen LogP contribution in [0.3, 0.4) is 0 Å². The molecule has 114 valence electrons. The first-order chi connectivity index (χ1) is 9.01. The van der Waals surface area contributed by atoms with Crippen molar-refractivity contribution in [3.05, 3.63) is 0 Å². The van der Waals surface area contributed by atoms with E-state index in [0.717, 1.165) is 23.9 Å². The number of nitrogens with one attached hydrogen (secondary N) is 1. The summed E-state index contributed by atoms with van der Waals surface area (Å²) >= 11 is 0. The Bertz CT molecular complexity index is 207. The Balaban J connectivity index is 2.34. The van der Waals surface area contributed by atoms with E-state index in [1.165, 1.54) is 51.7 Å². The average Bonchev–Trinajstić information content (AvgIpc) is 2.30. The fraction of sp³-hybridized carbons (Fsp3) is 1.00. The zero-order valence-electron chi connectivity index (χ0n) is 13.9. The number of piperidine rings is 1. The van der Waals surface area contributed by atoms with Gasteiger partial charge in [-0.3, -0.25) is 0 Å². The molecule has 0 atom stereocenters. The highest BCUT2D eigenvalue weighted by atomic mass is 15.1. The molecule has 2 nitrogen and oxygen atoms in total. The second kappa shape index (κ2) is 8.97.